The third-order valence-corrected chi connectivity index (χ3v) is 2.57. The molecule has 1 amide bonds. The van der Waals surface area contributed by atoms with Crippen LogP contribution in [-0.4, -0.2) is 18.7 Å². The molecule has 0 aliphatic heterocycles. The standard InChI is InChI=1S/C15H16N2O2/c1-2-10-16-17-15(18)11-19-14-9-5-7-12-6-3-4-8-13(12)14/h3-10H,2,11H2,1H3,(H,17,18)/b16-10+. The van der Waals surface area contributed by atoms with Gasteiger partial charge in [-0.2, -0.15) is 5.10 Å². The van der Waals surface area contributed by atoms with E-state index in [-0.39, 0.29) is 12.5 Å². The molecule has 0 heterocycles. The van der Waals surface area contributed by atoms with E-state index in [0.717, 1.165) is 17.2 Å². The maximum Gasteiger partial charge on any atom is 0.277 e. The zero-order valence-electron chi connectivity index (χ0n) is 10.8. The van der Waals surface area contributed by atoms with Crippen LogP contribution in [0.25, 0.3) is 10.8 Å². The summed E-state index contributed by atoms with van der Waals surface area (Å²) >= 11 is 0. The fourth-order valence-electron chi connectivity index (χ4n) is 1.71. The number of hydrogen-bond donors (Lipinski definition) is 1. The number of fused-ring (bicyclic) bond motifs is 1. The zero-order chi connectivity index (χ0) is 13.5. The molecule has 19 heavy (non-hydrogen) atoms. The Morgan fingerprint density at radius 1 is 1.26 bits per heavy atom. The monoisotopic (exact) mass is 256 g/mol. The molecule has 0 unspecified atom stereocenters. The third kappa shape index (κ3) is 3.55. The second kappa shape index (κ2) is 6.54. The van der Waals surface area contributed by atoms with Gasteiger partial charge < -0.3 is 4.74 Å². The molecule has 2 aromatic carbocycles. The molecule has 1 N–H and O–H groups in total. The summed E-state index contributed by atoms with van der Waals surface area (Å²) in [6.45, 7) is 1.90. The molecule has 0 aliphatic rings. The molecule has 4 heteroatoms. The van der Waals surface area contributed by atoms with Crippen LogP contribution in [0.2, 0.25) is 0 Å². The van der Waals surface area contributed by atoms with Gasteiger partial charge in [-0.15, -0.1) is 0 Å². The number of carbonyl (C=O) groups excluding carboxylic acids is 1. The Morgan fingerprint density at radius 2 is 2.05 bits per heavy atom. The Morgan fingerprint density at radius 3 is 2.89 bits per heavy atom. The van der Waals surface area contributed by atoms with Gasteiger partial charge in [0.1, 0.15) is 5.75 Å². The van der Waals surface area contributed by atoms with Crippen molar-refractivity contribution in [3.05, 3.63) is 42.5 Å². The smallest absolute Gasteiger partial charge is 0.277 e. The van der Waals surface area contributed by atoms with Crippen LogP contribution in [-0.2, 0) is 4.79 Å². The van der Waals surface area contributed by atoms with Crippen LogP contribution >= 0.6 is 0 Å². The van der Waals surface area contributed by atoms with E-state index < -0.39 is 0 Å². The first-order valence-electron chi connectivity index (χ1n) is 6.22. The van der Waals surface area contributed by atoms with Crippen molar-refractivity contribution in [3.8, 4) is 5.75 Å². The molecule has 98 valence electrons. The summed E-state index contributed by atoms with van der Waals surface area (Å²) in [6.07, 6.45) is 2.42. The van der Waals surface area contributed by atoms with Gasteiger partial charge in [-0.05, 0) is 17.9 Å². The van der Waals surface area contributed by atoms with Crippen LogP contribution in [0.5, 0.6) is 5.75 Å². The highest BCUT2D eigenvalue weighted by Crippen LogP contribution is 2.24. The molecular formula is C15H16N2O2. The average molecular weight is 256 g/mol. The van der Waals surface area contributed by atoms with Crippen molar-refractivity contribution in [2.45, 2.75) is 13.3 Å². The van der Waals surface area contributed by atoms with Crippen LogP contribution in [0.3, 0.4) is 0 Å². The number of amides is 1. The molecule has 0 aliphatic carbocycles. The summed E-state index contributed by atoms with van der Waals surface area (Å²) in [4.78, 5) is 11.5. The molecular weight excluding hydrogens is 240 g/mol. The largest absolute Gasteiger partial charge is 0.483 e. The number of rotatable bonds is 5. The van der Waals surface area contributed by atoms with Gasteiger partial charge in [0.25, 0.3) is 5.91 Å². The highest BCUT2D eigenvalue weighted by Gasteiger charge is 2.04. The van der Waals surface area contributed by atoms with E-state index in [4.69, 9.17) is 4.74 Å². The molecule has 4 nitrogen and oxygen atoms in total. The lowest BCUT2D eigenvalue weighted by Crippen LogP contribution is -2.24. The Kier molecular flexibility index (Phi) is 4.50. The number of carbonyl (C=O) groups is 1. The maximum absolute atomic E-state index is 11.5. The van der Waals surface area contributed by atoms with Crippen molar-refractivity contribution in [2.24, 2.45) is 5.10 Å². The predicted molar refractivity (Wildman–Crippen MR) is 76.4 cm³/mol. The van der Waals surface area contributed by atoms with Crippen molar-refractivity contribution >= 4 is 22.9 Å². The van der Waals surface area contributed by atoms with Crippen LogP contribution in [0.15, 0.2) is 47.6 Å². The number of hydrogen-bond acceptors (Lipinski definition) is 3. The Labute approximate surface area is 112 Å². The van der Waals surface area contributed by atoms with Gasteiger partial charge in [0, 0.05) is 11.6 Å². The van der Waals surface area contributed by atoms with Gasteiger partial charge in [0.2, 0.25) is 0 Å². The van der Waals surface area contributed by atoms with Gasteiger partial charge in [-0.1, -0.05) is 43.3 Å². The lowest BCUT2D eigenvalue weighted by atomic mass is 10.1. The Balaban J connectivity index is 2.02. The van der Waals surface area contributed by atoms with Gasteiger partial charge in [0.05, 0.1) is 0 Å². The molecule has 0 radical (unpaired) electrons. The first-order valence-corrected chi connectivity index (χ1v) is 6.22. The number of benzene rings is 2. The molecule has 0 spiro atoms. The highest BCUT2D eigenvalue weighted by atomic mass is 16.5. The average Bonchev–Trinajstić information content (AvgIpc) is 2.45. The minimum atomic E-state index is -0.266. The summed E-state index contributed by atoms with van der Waals surface area (Å²) in [6, 6.07) is 13.7. The number of nitrogens with one attached hydrogen (secondary N) is 1. The Bertz CT molecular complexity index is 588. The van der Waals surface area contributed by atoms with Crippen LogP contribution < -0.4 is 10.2 Å². The molecule has 0 fully saturated rings. The van der Waals surface area contributed by atoms with Crippen molar-refractivity contribution in [3.63, 3.8) is 0 Å². The summed E-state index contributed by atoms with van der Waals surface area (Å²) < 4.78 is 5.53. The summed E-state index contributed by atoms with van der Waals surface area (Å²) in [7, 11) is 0. The van der Waals surface area contributed by atoms with Gasteiger partial charge >= 0.3 is 0 Å². The number of hydrazone groups is 1. The second-order valence-electron chi connectivity index (χ2n) is 4.02. The van der Waals surface area contributed by atoms with Gasteiger partial charge in [0.15, 0.2) is 6.61 Å². The quantitative estimate of drug-likeness (QED) is 0.660. The molecule has 2 aromatic rings. The van der Waals surface area contributed by atoms with Gasteiger partial charge in [-0.25, -0.2) is 5.43 Å². The minimum Gasteiger partial charge on any atom is -0.483 e. The van der Waals surface area contributed by atoms with Crippen LogP contribution in [0.1, 0.15) is 13.3 Å². The number of nitrogens with zero attached hydrogens (tertiary/aromatic N) is 1. The molecule has 2 rings (SSSR count). The van der Waals surface area contributed by atoms with E-state index in [1.165, 1.54) is 0 Å². The highest BCUT2D eigenvalue weighted by molar-refractivity contribution is 5.88. The lowest BCUT2D eigenvalue weighted by Gasteiger charge is -2.08. The van der Waals surface area contributed by atoms with E-state index in [1.54, 1.807) is 6.21 Å². The minimum absolute atomic E-state index is 0.0466. The van der Waals surface area contributed by atoms with E-state index >= 15 is 0 Å². The Hall–Kier alpha value is -2.36. The molecule has 0 aromatic heterocycles. The van der Waals surface area contributed by atoms with Crippen molar-refractivity contribution in [1.82, 2.24) is 5.43 Å². The normalized spacial score (nSPS) is 10.8. The first kappa shape index (κ1) is 13.1. The molecule has 0 saturated carbocycles. The van der Waals surface area contributed by atoms with E-state index in [1.807, 2.05) is 49.4 Å². The lowest BCUT2D eigenvalue weighted by molar-refractivity contribution is -0.123. The molecule has 0 saturated heterocycles. The maximum atomic E-state index is 11.5. The topological polar surface area (TPSA) is 50.7 Å². The fourth-order valence-corrected chi connectivity index (χ4v) is 1.71. The zero-order valence-corrected chi connectivity index (χ0v) is 10.8. The van der Waals surface area contributed by atoms with Crippen LogP contribution in [0, 0.1) is 0 Å². The van der Waals surface area contributed by atoms with Crippen molar-refractivity contribution < 1.29 is 9.53 Å². The first-order chi connectivity index (χ1) is 9.31. The number of ether oxygens (including phenoxy) is 1. The van der Waals surface area contributed by atoms with E-state index in [9.17, 15) is 4.79 Å². The predicted octanol–water partition coefficient (Wildman–Crippen LogP) is 2.73. The van der Waals surface area contributed by atoms with Crippen molar-refractivity contribution in [2.75, 3.05) is 6.61 Å². The molecule has 0 bridgehead atoms. The summed E-state index contributed by atoms with van der Waals surface area (Å²) in [5.41, 5.74) is 2.41. The van der Waals surface area contributed by atoms with Gasteiger partial charge in [-0.3, -0.25) is 4.79 Å². The second-order valence-corrected chi connectivity index (χ2v) is 4.02. The summed E-state index contributed by atoms with van der Waals surface area (Å²) in [5.74, 6) is 0.436. The van der Waals surface area contributed by atoms with E-state index in [0.29, 0.717) is 5.75 Å². The van der Waals surface area contributed by atoms with E-state index in [2.05, 4.69) is 10.5 Å². The van der Waals surface area contributed by atoms with Crippen LogP contribution in [0.4, 0.5) is 0 Å². The summed E-state index contributed by atoms with van der Waals surface area (Å²) in [5, 5.41) is 5.84. The third-order valence-electron chi connectivity index (χ3n) is 2.57. The van der Waals surface area contributed by atoms with Crippen molar-refractivity contribution in [1.29, 1.82) is 0 Å². The fraction of sp³-hybridized carbons (Fsp3) is 0.200. The molecule has 0 atom stereocenters. The SMILES string of the molecule is CC/C=N/NC(=O)COc1cccc2ccccc12.